The Bertz CT molecular complexity index is 450. The number of methoxy groups -OCH3 is 1. The lowest BCUT2D eigenvalue weighted by Crippen LogP contribution is -2.45. The lowest BCUT2D eigenvalue weighted by atomic mass is 9.68. The number of nitrogens with one attached hydrogen (secondary N) is 1. The van der Waals surface area contributed by atoms with E-state index < -0.39 is 0 Å². The zero-order valence-electron chi connectivity index (χ0n) is 11.7. The number of benzene rings is 1. The SMILES string of the molecule is COC(=O)c1cccc([C@]2(C)CCNC[C@@H]2C)c1.Cl. The predicted octanol–water partition coefficient (Wildman–Crippen LogP) is 2.78. The van der Waals surface area contributed by atoms with E-state index >= 15 is 0 Å². The zero-order chi connectivity index (χ0) is 13.2. The van der Waals surface area contributed by atoms with Crippen LogP contribution in [-0.4, -0.2) is 26.2 Å². The number of piperidine rings is 1. The number of ether oxygens (including phenoxy) is 1. The molecule has 0 amide bonds. The van der Waals surface area contributed by atoms with Crippen molar-refractivity contribution in [1.29, 1.82) is 0 Å². The van der Waals surface area contributed by atoms with Crippen LogP contribution in [0.4, 0.5) is 0 Å². The summed E-state index contributed by atoms with van der Waals surface area (Å²) in [5, 5.41) is 3.42. The molecule has 106 valence electrons. The molecule has 0 radical (unpaired) electrons. The van der Waals surface area contributed by atoms with Crippen molar-refractivity contribution in [3.63, 3.8) is 0 Å². The molecule has 2 rings (SSSR count). The zero-order valence-corrected chi connectivity index (χ0v) is 12.5. The van der Waals surface area contributed by atoms with E-state index in [-0.39, 0.29) is 23.8 Å². The van der Waals surface area contributed by atoms with E-state index in [9.17, 15) is 4.79 Å². The van der Waals surface area contributed by atoms with Gasteiger partial charge in [-0.2, -0.15) is 0 Å². The summed E-state index contributed by atoms with van der Waals surface area (Å²) in [7, 11) is 1.42. The first-order chi connectivity index (χ1) is 8.58. The van der Waals surface area contributed by atoms with Crippen LogP contribution in [-0.2, 0) is 10.2 Å². The number of carbonyl (C=O) groups is 1. The van der Waals surface area contributed by atoms with Crippen molar-refractivity contribution in [2.75, 3.05) is 20.2 Å². The lowest BCUT2D eigenvalue weighted by molar-refractivity contribution is 0.0600. The summed E-state index contributed by atoms with van der Waals surface area (Å²) in [5.41, 5.74) is 2.01. The highest BCUT2D eigenvalue weighted by Gasteiger charge is 2.35. The van der Waals surface area contributed by atoms with E-state index in [1.165, 1.54) is 12.7 Å². The topological polar surface area (TPSA) is 38.3 Å². The van der Waals surface area contributed by atoms with Gasteiger partial charge in [-0.25, -0.2) is 4.79 Å². The smallest absolute Gasteiger partial charge is 0.337 e. The molecule has 0 aromatic heterocycles. The van der Waals surface area contributed by atoms with Crippen molar-refractivity contribution in [1.82, 2.24) is 5.32 Å². The van der Waals surface area contributed by atoms with Crippen LogP contribution in [0.2, 0.25) is 0 Å². The van der Waals surface area contributed by atoms with E-state index in [1.807, 2.05) is 18.2 Å². The minimum atomic E-state index is -0.262. The fourth-order valence-electron chi connectivity index (χ4n) is 2.69. The molecule has 4 heteroatoms. The maximum absolute atomic E-state index is 11.6. The van der Waals surface area contributed by atoms with E-state index in [0.29, 0.717) is 11.5 Å². The van der Waals surface area contributed by atoms with Gasteiger partial charge in [0.1, 0.15) is 0 Å². The molecule has 0 spiro atoms. The summed E-state index contributed by atoms with van der Waals surface area (Å²) in [4.78, 5) is 11.6. The normalized spacial score (nSPS) is 26.4. The fourth-order valence-corrected chi connectivity index (χ4v) is 2.69. The number of halogens is 1. The summed E-state index contributed by atoms with van der Waals surface area (Å²) in [6.45, 7) is 6.61. The Morgan fingerprint density at radius 2 is 2.21 bits per heavy atom. The van der Waals surface area contributed by atoms with Crippen LogP contribution in [0.1, 0.15) is 36.2 Å². The monoisotopic (exact) mass is 283 g/mol. The molecular weight excluding hydrogens is 262 g/mol. The molecule has 0 saturated carbocycles. The molecule has 0 unspecified atom stereocenters. The number of hydrogen-bond acceptors (Lipinski definition) is 3. The van der Waals surface area contributed by atoms with E-state index in [0.717, 1.165) is 19.5 Å². The summed E-state index contributed by atoms with van der Waals surface area (Å²) in [5.74, 6) is 0.293. The highest BCUT2D eigenvalue weighted by atomic mass is 35.5. The summed E-state index contributed by atoms with van der Waals surface area (Å²) in [6.07, 6.45) is 1.10. The Morgan fingerprint density at radius 3 is 2.84 bits per heavy atom. The first kappa shape index (κ1) is 16.0. The summed E-state index contributed by atoms with van der Waals surface area (Å²) < 4.78 is 4.79. The summed E-state index contributed by atoms with van der Waals surface area (Å²) in [6, 6.07) is 7.86. The highest BCUT2D eigenvalue weighted by Crippen LogP contribution is 2.37. The average molecular weight is 284 g/mol. The Balaban J connectivity index is 0.00000180. The van der Waals surface area contributed by atoms with E-state index in [1.54, 1.807) is 0 Å². The Morgan fingerprint density at radius 1 is 1.47 bits per heavy atom. The molecule has 1 aliphatic heterocycles. The molecule has 1 aromatic rings. The van der Waals surface area contributed by atoms with Crippen LogP contribution in [0, 0.1) is 5.92 Å². The van der Waals surface area contributed by atoms with Crippen molar-refractivity contribution in [2.24, 2.45) is 5.92 Å². The average Bonchev–Trinajstić information content (AvgIpc) is 2.41. The molecule has 19 heavy (non-hydrogen) atoms. The number of rotatable bonds is 2. The van der Waals surface area contributed by atoms with Gasteiger partial charge in [-0.15, -0.1) is 12.4 Å². The standard InChI is InChI=1S/C15H21NO2.ClH/c1-11-10-16-8-7-15(11,2)13-6-4-5-12(9-13)14(17)18-3;/h4-6,9,11,16H,7-8,10H2,1-3H3;1H/t11-,15+;/m0./s1. The van der Waals surface area contributed by atoms with Gasteiger partial charge in [-0.1, -0.05) is 26.0 Å². The van der Waals surface area contributed by atoms with Crippen LogP contribution >= 0.6 is 12.4 Å². The second kappa shape index (κ2) is 6.40. The van der Waals surface area contributed by atoms with Crippen LogP contribution < -0.4 is 5.32 Å². The molecule has 1 saturated heterocycles. The lowest BCUT2D eigenvalue weighted by Gasteiger charge is -2.40. The number of carbonyl (C=O) groups excluding carboxylic acids is 1. The van der Waals surface area contributed by atoms with Crippen LogP contribution in [0.25, 0.3) is 0 Å². The first-order valence-electron chi connectivity index (χ1n) is 6.47. The molecule has 0 bridgehead atoms. The van der Waals surface area contributed by atoms with Crippen LogP contribution in [0.15, 0.2) is 24.3 Å². The van der Waals surface area contributed by atoms with Gasteiger partial charge in [-0.05, 0) is 48.5 Å². The Kier molecular flexibility index (Phi) is 5.39. The predicted molar refractivity (Wildman–Crippen MR) is 79.0 cm³/mol. The van der Waals surface area contributed by atoms with Gasteiger partial charge >= 0.3 is 5.97 Å². The number of esters is 1. The molecule has 1 heterocycles. The van der Waals surface area contributed by atoms with Crippen molar-refractivity contribution >= 4 is 18.4 Å². The Labute approximate surface area is 121 Å². The molecule has 3 nitrogen and oxygen atoms in total. The quantitative estimate of drug-likeness (QED) is 0.848. The van der Waals surface area contributed by atoms with Gasteiger partial charge in [0.15, 0.2) is 0 Å². The van der Waals surface area contributed by atoms with Gasteiger partial charge < -0.3 is 10.1 Å². The van der Waals surface area contributed by atoms with E-state index in [2.05, 4.69) is 25.2 Å². The van der Waals surface area contributed by atoms with Gasteiger partial charge in [0, 0.05) is 0 Å². The largest absolute Gasteiger partial charge is 0.465 e. The minimum Gasteiger partial charge on any atom is -0.465 e. The third-order valence-corrected chi connectivity index (χ3v) is 4.30. The maximum Gasteiger partial charge on any atom is 0.337 e. The maximum atomic E-state index is 11.6. The van der Waals surface area contributed by atoms with Gasteiger partial charge in [0.05, 0.1) is 12.7 Å². The molecule has 1 aromatic carbocycles. The summed E-state index contributed by atoms with van der Waals surface area (Å²) >= 11 is 0. The van der Waals surface area contributed by atoms with Gasteiger partial charge in [0.2, 0.25) is 0 Å². The third-order valence-electron chi connectivity index (χ3n) is 4.30. The highest BCUT2D eigenvalue weighted by molar-refractivity contribution is 5.89. The third kappa shape index (κ3) is 3.10. The second-order valence-electron chi connectivity index (χ2n) is 5.35. The van der Waals surface area contributed by atoms with Gasteiger partial charge in [-0.3, -0.25) is 0 Å². The first-order valence-corrected chi connectivity index (χ1v) is 6.47. The van der Waals surface area contributed by atoms with Crippen molar-refractivity contribution < 1.29 is 9.53 Å². The van der Waals surface area contributed by atoms with E-state index in [4.69, 9.17) is 4.74 Å². The number of hydrogen-bond donors (Lipinski definition) is 1. The molecule has 1 N–H and O–H groups in total. The molecule has 1 fully saturated rings. The van der Waals surface area contributed by atoms with Crippen LogP contribution in [0.5, 0.6) is 0 Å². The van der Waals surface area contributed by atoms with Crippen LogP contribution in [0.3, 0.4) is 0 Å². The molecule has 2 atom stereocenters. The Hall–Kier alpha value is -1.06. The van der Waals surface area contributed by atoms with Gasteiger partial charge in [0.25, 0.3) is 0 Å². The van der Waals surface area contributed by atoms with Crippen molar-refractivity contribution in [3.8, 4) is 0 Å². The van der Waals surface area contributed by atoms with Crippen molar-refractivity contribution in [2.45, 2.75) is 25.7 Å². The fraction of sp³-hybridized carbons (Fsp3) is 0.533. The molecular formula is C15H22ClNO2. The van der Waals surface area contributed by atoms with Crippen molar-refractivity contribution in [3.05, 3.63) is 35.4 Å². The molecule has 0 aliphatic carbocycles. The molecule has 1 aliphatic rings. The minimum absolute atomic E-state index is 0. The second-order valence-corrected chi connectivity index (χ2v) is 5.35.